The molecule has 0 unspecified atom stereocenters. The minimum atomic E-state index is 0.657. The Labute approximate surface area is 98.5 Å². The Morgan fingerprint density at radius 2 is 2.19 bits per heavy atom. The van der Waals surface area contributed by atoms with E-state index in [1.165, 1.54) is 11.8 Å². The number of hydrogen-bond acceptors (Lipinski definition) is 4. The first-order valence-electron chi connectivity index (χ1n) is 4.94. The third kappa shape index (κ3) is 2.17. The second-order valence-corrected chi connectivity index (χ2v) is 4.30. The minimum Gasteiger partial charge on any atom is -0.216 e. The molecular formula is C11H12N4S. The predicted molar refractivity (Wildman–Crippen MR) is 64.4 cm³/mol. The van der Waals surface area contributed by atoms with Crippen LogP contribution in [0.3, 0.4) is 0 Å². The van der Waals surface area contributed by atoms with E-state index in [-0.39, 0.29) is 0 Å². The van der Waals surface area contributed by atoms with Gasteiger partial charge in [-0.25, -0.2) is 9.50 Å². The number of fused-ring (bicyclic) bond motifs is 1. The highest BCUT2D eigenvalue weighted by Gasteiger charge is 2.07. The number of rotatable bonds is 2. The molecule has 2 rings (SSSR count). The Kier molecular flexibility index (Phi) is 3.11. The van der Waals surface area contributed by atoms with Crippen LogP contribution >= 0.6 is 11.8 Å². The van der Waals surface area contributed by atoms with Crippen LogP contribution in [0.1, 0.15) is 18.3 Å². The maximum Gasteiger partial charge on any atom is 0.253 e. The van der Waals surface area contributed by atoms with E-state index in [9.17, 15) is 0 Å². The smallest absolute Gasteiger partial charge is 0.216 e. The van der Waals surface area contributed by atoms with Gasteiger partial charge in [0.25, 0.3) is 5.78 Å². The van der Waals surface area contributed by atoms with Gasteiger partial charge in [-0.15, -0.1) is 11.0 Å². The fourth-order valence-corrected chi connectivity index (χ4v) is 2.01. The van der Waals surface area contributed by atoms with Crippen LogP contribution in [-0.2, 0) is 0 Å². The molecule has 0 aliphatic carbocycles. The molecule has 2 heterocycles. The third-order valence-electron chi connectivity index (χ3n) is 2.05. The van der Waals surface area contributed by atoms with Gasteiger partial charge < -0.3 is 0 Å². The summed E-state index contributed by atoms with van der Waals surface area (Å²) in [4.78, 5) is 8.67. The molecule has 2 aromatic heterocycles. The maximum absolute atomic E-state index is 4.36. The van der Waals surface area contributed by atoms with Crippen molar-refractivity contribution in [3.63, 3.8) is 0 Å². The third-order valence-corrected chi connectivity index (χ3v) is 2.77. The van der Waals surface area contributed by atoms with Crippen molar-refractivity contribution in [1.82, 2.24) is 19.6 Å². The zero-order valence-electron chi connectivity index (χ0n) is 9.48. The normalized spacial score (nSPS) is 10.2. The Morgan fingerprint density at radius 3 is 2.94 bits per heavy atom. The Bertz CT molecular complexity index is 577. The van der Waals surface area contributed by atoms with Crippen molar-refractivity contribution in [2.45, 2.75) is 25.9 Å². The molecule has 0 atom stereocenters. The lowest BCUT2D eigenvalue weighted by molar-refractivity contribution is 0.843. The zero-order valence-corrected chi connectivity index (χ0v) is 10.3. The number of aryl methyl sites for hydroxylation is 2. The molecule has 0 saturated carbocycles. The van der Waals surface area contributed by atoms with Crippen molar-refractivity contribution in [3.05, 3.63) is 17.5 Å². The van der Waals surface area contributed by atoms with E-state index in [1.54, 1.807) is 4.52 Å². The first-order valence-corrected chi connectivity index (χ1v) is 5.92. The Morgan fingerprint density at radius 1 is 1.38 bits per heavy atom. The second-order valence-electron chi connectivity index (χ2n) is 3.36. The van der Waals surface area contributed by atoms with Gasteiger partial charge in [0.05, 0.1) is 5.75 Å². The molecule has 0 aliphatic rings. The van der Waals surface area contributed by atoms with Crippen molar-refractivity contribution in [3.8, 4) is 11.8 Å². The molecule has 0 aliphatic heterocycles. The van der Waals surface area contributed by atoms with Crippen LogP contribution in [0.2, 0.25) is 0 Å². The SMILES string of the molecule is CC#CCSc1nc2nc(C)cc(C)n2n1. The van der Waals surface area contributed by atoms with Crippen LogP contribution in [-0.4, -0.2) is 25.3 Å². The highest BCUT2D eigenvalue weighted by atomic mass is 32.2. The van der Waals surface area contributed by atoms with Crippen molar-refractivity contribution in [1.29, 1.82) is 0 Å². The summed E-state index contributed by atoms with van der Waals surface area (Å²) in [5.41, 5.74) is 2.01. The molecule has 2 aromatic rings. The number of thioether (sulfide) groups is 1. The van der Waals surface area contributed by atoms with Crippen LogP contribution in [0.25, 0.3) is 5.78 Å². The van der Waals surface area contributed by atoms with E-state index in [0.29, 0.717) is 11.5 Å². The molecule has 0 bridgehead atoms. The molecule has 4 nitrogen and oxygen atoms in total. The van der Waals surface area contributed by atoms with Crippen LogP contribution in [0.15, 0.2) is 11.2 Å². The van der Waals surface area contributed by atoms with Gasteiger partial charge in [0.15, 0.2) is 0 Å². The van der Waals surface area contributed by atoms with Crippen LogP contribution in [0.4, 0.5) is 0 Å². The van der Waals surface area contributed by atoms with Gasteiger partial charge in [-0.1, -0.05) is 17.7 Å². The molecule has 0 spiro atoms. The average Bonchev–Trinajstić information content (AvgIpc) is 2.61. The molecule has 0 amide bonds. The summed E-state index contributed by atoms with van der Waals surface area (Å²) in [5.74, 6) is 7.18. The number of nitrogens with zero attached hydrogens (tertiary/aromatic N) is 4. The molecule has 0 aromatic carbocycles. The molecule has 82 valence electrons. The van der Waals surface area contributed by atoms with Crippen LogP contribution < -0.4 is 0 Å². The Hall–Kier alpha value is -1.54. The summed E-state index contributed by atoms with van der Waals surface area (Å²) in [6.07, 6.45) is 0. The highest BCUT2D eigenvalue weighted by Crippen LogP contribution is 2.14. The van der Waals surface area contributed by atoms with Crippen molar-refractivity contribution >= 4 is 17.5 Å². The van der Waals surface area contributed by atoms with E-state index in [0.717, 1.165) is 16.5 Å². The van der Waals surface area contributed by atoms with Gasteiger partial charge in [-0.2, -0.15) is 4.98 Å². The quantitative estimate of drug-likeness (QED) is 0.585. The summed E-state index contributed by atoms with van der Waals surface area (Å²) in [6.45, 7) is 5.78. The van der Waals surface area contributed by atoms with Gasteiger partial charge in [0, 0.05) is 11.4 Å². The zero-order chi connectivity index (χ0) is 11.5. The van der Waals surface area contributed by atoms with Crippen molar-refractivity contribution in [2.75, 3.05) is 5.75 Å². The standard InChI is InChI=1S/C11H12N4S/c1-4-5-6-16-11-13-10-12-8(2)7-9(3)15(10)14-11/h7H,6H2,1-3H3. The molecular weight excluding hydrogens is 220 g/mol. The number of hydrogen-bond donors (Lipinski definition) is 0. The van der Waals surface area contributed by atoms with Crippen LogP contribution in [0.5, 0.6) is 0 Å². The van der Waals surface area contributed by atoms with E-state index in [4.69, 9.17) is 0 Å². The highest BCUT2D eigenvalue weighted by molar-refractivity contribution is 7.99. The molecule has 0 radical (unpaired) electrons. The fraction of sp³-hybridized carbons (Fsp3) is 0.364. The van der Waals surface area contributed by atoms with Gasteiger partial charge in [-0.3, -0.25) is 0 Å². The lowest BCUT2D eigenvalue weighted by atomic mass is 10.4. The largest absolute Gasteiger partial charge is 0.253 e. The molecule has 0 saturated heterocycles. The predicted octanol–water partition coefficient (Wildman–Crippen LogP) is 1.86. The molecule has 0 fully saturated rings. The first kappa shape index (κ1) is 11.0. The fourth-order valence-electron chi connectivity index (χ4n) is 1.38. The van der Waals surface area contributed by atoms with Crippen LogP contribution in [0, 0.1) is 25.7 Å². The van der Waals surface area contributed by atoms with E-state index < -0.39 is 0 Å². The second kappa shape index (κ2) is 4.54. The lowest BCUT2D eigenvalue weighted by Gasteiger charge is -1.97. The molecule has 5 heteroatoms. The van der Waals surface area contributed by atoms with Crippen molar-refractivity contribution in [2.24, 2.45) is 0 Å². The van der Waals surface area contributed by atoms with E-state index in [2.05, 4.69) is 26.9 Å². The maximum atomic E-state index is 4.36. The minimum absolute atomic E-state index is 0.657. The van der Waals surface area contributed by atoms with Gasteiger partial charge in [-0.05, 0) is 26.8 Å². The summed E-state index contributed by atoms with van der Waals surface area (Å²) in [7, 11) is 0. The Balaban J connectivity index is 2.35. The van der Waals surface area contributed by atoms with Crippen molar-refractivity contribution < 1.29 is 0 Å². The monoisotopic (exact) mass is 232 g/mol. The summed E-state index contributed by atoms with van der Waals surface area (Å²) in [6, 6.07) is 1.99. The van der Waals surface area contributed by atoms with E-state index >= 15 is 0 Å². The first-order chi connectivity index (χ1) is 7.70. The summed E-state index contributed by atoms with van der Waals surface area (Å²) >= 11 is 1.53. The molecule has 16 heavy (non-hydrogen) atoms. The number of aromatic nitrogens is 4. The van der Waals surface area contributed by atoms with E-state index in [1.807, 2.05) is 26.8 Å². The molecule has 0 N–H and O–H groups in total. The van der Waals surface area contributed by atoms with Gasteiger partial charge in [0.2, 0.25) is 5.16 Å². The lowest BCUT2D eigenvalue weighted by Crippen LogP contribution is -1.97. The topological polar surface area (TPSA) is 43.1 Å². The van der Waals surface area contributed by atoms with Gasteiger partial charge >= 0.3 is 0 Å². The average molecular weight is 232 g/mol. The van der Waals surface area contributed by atoms with Gasteiger partial charge in [0.1, 0.15) is 0 Å². The summed E-state index contributed by atoms with van der Waals surface area (Å²) < 4.78 is 1.76. The summed E-state index contributed by atoms with van der Waals surface area (Å²) in [5, 5.41) is 5.09.